The summed E-state index contributed by atoms with van der Waals surface area (Å²) < 4.78 is 12.6. The number of hydrogen-bond donors (Lipinski definition) is 1. The number of ether oxygens (including phenoxy) is 2. The van der Waals surface area contributed by atoms with Crippen molar-refractivity contribution in [2.45, 2.75) is 0 Å². The smallest absolute Gasteiger partial charge is 0.219 e. The number of nitrogens with zero attached hydrogens (tertiary/aromatic N) is 1. The minimum Gasteiger partial charge on any atom is -0.507 e. The van der Waals surface area contributed by atoms with Crippen LogP contribution in [-0.2, 0) is 0 Å². The Morgan fingerprint density at radius 2 is 1.61 bits per heavy atom. The third kappa shape index (κ3) is 2.11. The zero-order chi connectivity index (χ0) is 16.0. The van der Waals surface area contributed by atoms with Crippen LogP contribution in [0.15, 0.2) is 54.9 Å². The lowest BCUT2D eigenvalue weighted by atomic mass is 10.1. The number of hydrogen-bond acceptors (Lipinski definition) is 3. The number of rotatable bonds is 2. The van der Waals surface area contributed by atoms with E-state index in [9.17, 15) is 5.11 Å². The number of phenolic OH excluding ortho intramolecular Hbond substituents is 1. The van der Waals surface area contributed by atoms with Crippen molar-refractivity contribution in [3.05, 3.63) is 54.9 Å². The normalized spacial score (nSPS) is 11.2. The van der Waals surface area contributed by atoms with Crippen LogP contribution in [0.5, 0.6) is 17.2 Å². The predicted octanol–water partition coefficient (Wildman–Crippen LogP) is 3.45. The molecule has 0 unspecified atom stereocenters. The van der Waals surface area contributed by atoms with Gasteiger partial charge in [-0.3, -0.25) is 0 Å². The average molecular weight is 306 g/mol. The van der Waals surface area contributed by atoms with E-state index in [-0.39, 0.29) is 5.75 Å². The number of aromatic hydroxyl groups is 1. The lowest BCUT2D eigenvalue weighted by Crippen LogP contribution is -2.20. The Labute approximate surface area is 133 Å². The van der Waals surface area contributed by atoms with Gasteiger partial charge >= 0.3 is 0 Å². The van der Waals surface area contributed by atoms with E-state index in [0.717, 1.165) is 32.8 Å². The Balaban J connectivity index is 2.10. The standard InChI is InChI=1S/C19H15NO3/c1-22-14-3-4-16-12(7-14)5-6-20-11-17-13(9-18(16)20)8-15(23-2)10-19(17)21/h3-11H,1-2H3/p+1. The van der Waals surface area contributed by atoms with Crippen LogP contribution in [0.25, 0.3) is 27.1 Å². The second kappa shape index (κ2) is 5.02. The molecule has 114 valence electrons. The summed E-state index contributed by atoms with van der Waals surface area (Å²) in [6, 6.07) is 13.7. The Morgan fingerprint density at radius 1 is 0.826 bits per heavy atom. The summed E-state index contributed by atoms with van der Waals surface area (Å²) in [4.78, 5) is 0. The van der Waals surface area contributed by atoms with Crippen LogP contribution in [0.1, 0.15) is 0 Å². The molecule has 2 aromatic carbocycles. The van der Waals surface area contributed by atoms with E-state index in [1.165, 1.54) is 0 Å². The summed E-state index contributed by atoms with van der Waals surface area (Å²) in [6.45, 7) is 0. The molecule has 0 aliphatic rings. The fourth-order valence-electron chi connectivity index (χ4n) is 2.98. The molecule has 0 aliphatic heterocycles. The van der Waals surface area contributed by atoms with E-state index in [4.69, 9.17) is 9.47 Å². The van der Waals surface area contributed by atoms with E-state index < -0.39 is 0 Å². The molecule has 0 amide bonds. The molecular formula is C19H16NO3+. The van der Waals surface area contributed by atoms with Gasteiger partial charge in [0.15, 0.2) is 12.4 Å². The highest BCUT2D eigenvalue weighted by atomic mass is 16.5. The van der Waals surface area contributed by atoms with Gasteiger partial charge in [0.1, 0.15) is 17.2 Å². The van der Waals surface area contributed by atoms with E-state index in [2.05, 4.69) is 12.1 Å². The molecule has 2 aromatic heterocycles. The van der Waals surface area contributed by atoms with Crippen LogP contribution in [0.4, 0.5) is 0 Å². The SMILES string of the molecule is COc1cc(O)c2c[n+]3ccc4cc(OC)ccc4c3cc2c1. The van der Waals surface area contributed by atoms with Gasteiger partial charge in [-0.15, -0.1) is 0 Å². The second-order valence-corrected chi connectivity index (χ2v) is 5.48. The first kappa shape index (κ1) is 13.6. The van der Waals surface area contributed by atoms with Crippen LogP contribution < -0.4 is 13.9 Å². The first-order valence-corrected chi connectivity index (χ1v) is 7.32. The second-order valence-electron chi connectivity index (χ2n) is 5.48. The Kier molecular flexibility index (Phi) is 2.98. The first-order chi connectivity index (χ1) is 11.2. The molecule has 23 heavy (non-hydrogen) atoms. The maximum Gasteiger partial charge on any atom is 0.219 e. The van der Waals surface area contributed by atoms with Gasteiger partial charge in [-0.25, -0.2) is 0 Å². The van der Waals surface area contributed by atoms with Crippen molar-refractivity contribution >= 4 is 27.1 Å². The quantitative estimate of drug-likeness (QED) is 0.350. The number of aromatic nitrogens is 1. The van der Waals surface area contributed by atoms with Crippen molar-refractivity contribution in [3.8, 4) is 17.2 Å². The minimum absolute atomic E-state index is 0.212. The van der Waals surface area contributed by atoms with E-state index in [1.807, 2.05) is 41.1 Å². The molecule has 0 atom stereocenters. The molecule has 4 nitrogen and oxygen atoms in total. The molecule has 0 saturated heterocycles. The summed E-state index contributed by atoms with van der Waals surface area (Å²) in [6.07, 6.45) is 3.92. The van der Waals surface area contributed by atoms with E-state index >= 15 is 0 Å². The largest absolute Gasteiger partial charge is 0.507 e. The van der Waals surface area contributed by atoms with Crippen molar-refractivity contribution in [1.29, 1.82) is 0 Å². The minimum atomic E-state index is 0.212. The molecule has 0 radical (unpaired) electrons. The number of methoxy groups -OCH3 is 2. The monoisotopic (exact) mass is 306 g/mol. The topological polar surface area (TPSA) is 42.8 Å². The molecule has 0 aliphatic carbocycles. The van der Waals surface area contributed by atoms with Crippen LogP contribution >= 0.6 is 0 Å². The molecule has 0 saturated carbocycles. The van der Waals surface area contributed by atoms with Gasteiger partial charge in [0.05, 0.1) is 25.0 Å². The molecular weight excluding hydrogens is 290 g/mol. The number of pyridine rings is 2. The van der Waals surface area contributed by atoms with Gasteiger partial charge in [-0.05, 0) is 29.7 Å². The lowest BCUT2D eigenvalue weighted by Gasteiger charge is -2.06. The highest BCUT2D eigenvalue weighted by molar-refractivity contribution is 5.99. The van der Waals surface area contributed by atoms with Gasteiger partial charge in [-0.1, -0.05) is 0 Å². The predicted molar refractivity (Wildman–Crippen MR) is 89.4 cm³/mol. The molecule has 4 heteroatoms. The molecule has 0 fully saturated rings. The fraction of sp³-hybridized carbons (Fsp3) is 0.105. The molecule has 1 N–H and O–H groups in total. The van der Waals surface area contributed by atoms with Gasteiger partial charge < -0.3 is 14.6 Å². The Hall–Kier alpha value is -3.01. The van der Waals surface area contributed by atoms with Crippen LogP contribution in [0.3, 0.4) is 0 Å². The summed E-state index contributed by atoms with van der Waals surface area (Å²) >= 11 is 0. The van der Waals surface area contributed by atoms with Gasteiger partial charge in [0, 0.05) is 23.6 Å². The van der Waals surface area contributed by atoms with Gasteiger partial charge in [0.2, 0.25) is 5.52 Å². The van der Waals surface area contributed by atoms with Crippen LogP contribution in [0, 0.1) is 0 Å². The van der Waals surface area contributed by atoms with E-state index in [1.54, 1.807) is 20.3 Å². The first-order valence-electron chi connectivity index (χ1n) is 7.32. The third-order valence-electron chi connectivity index (χ3n) is 4.19. The fourth-order valence-corrected chi connectivity index (χ4v) is 2.98. The summed E-state index contributed by atoms with van der Waals surface area (Å²) in [5.41, 5.74) is 1.06. The lowest BCUT2D eigenvalue weighted by molar-refractivity contribution is -0.509. The van der Waals surface area contributed by atoms with Gasteiger partial charge in [-0.2, -0.15) is 4.40 Å². The summed E-state index contributed by atoms with van der Waals surface area (Å²) in [5, 5.41) is 14.2. The summed E-state index contributed by atoms with van der Waals surface area (Å²) in [5.74, 6) is 1.69. The molecule has 2 heterocycles. The Bertz CT molecular complexity index is 1060. The average Bonchev–Trinajstić information content (AvgIpc) is 2.59. The van der Waals surface area contributed by atoms with Gasteiger partial charge in [0.25, 0.3) is 0 Å². The van der Waals surface area contributed by atoms with Crippen molar-refractivity contribution in [3.63, 3.8) is 0 Å². The number of fused-ring (bicyclic) bond motifs is 4. The van der Waals surface area contributed by atoms with E-state index in [0.29, 0.717) is 5.75 Å². The maximum absolute atomic E-state index is 10.2. The van der Waals surface area contributed by atoms with Crippen molar-refractivity contribution in [2.24, 2.45) is 0 Å². The van der Waals surface area contributed by atoms with Crippen LogP contribution in [-0.4, -0.2) is 19.3 Å². The highest BCUT2D eigenvalue weighted by Gasteiger charge is 2.13. The highest BCUT2D eigenvalue weighted by Crippen LogP contribution is 2.31. The zero-order valence-electron chi connectivity index (χ0n) is 12.9. The molecule has 0 spiro atoms. The third-order valence-corrected chi connectivity index (χ3v) is 4.19. The number of phenols is 1. The molecule has 4 aromatic rings. The number of benzene rings is 2. The molecule has 4 rings (SSSR count). The van der Waals surface area contributed by atoms with Crippen molar-refractivity contribution in [2.75, 3.05) is 14.2 Å². The van der Waals surface area contributed by atoms with Crippen molar-refractivity contribution < 1.29 is 19.0 Å². The van der Waals surface area contributed by atoms with Crippen LogP contribution in [0.2, 0.25) is 0 Å². The van der Waals surface area contributed by atoms with Crippen molar-refractivity contribution in [1.82, 2.24) is 0 Å². The maximum atomic E-state index is 10.2. The molecule has 0 bridgehead atoms. The Morgan fingerprint density at radius 3 is 2.39 bits per heavy atom. The zero-order valence-corrected chi connectivity index (χ0v) is 12.9. The summed E-state index contributed by atoms with van der Waals surface area (Å²) in [7, 11) is 3.26.